The molecule has 1 aliphatic rings. The smallest absolute Gasteiger partial charge is 0.269 e. The van der Waals surface area contributed by atoms with Gasteiger partial charge in [-0.2, -0.15) is 10.4 Å². The van der Waals surface area contributed by atoms with Gasteiger partial charge >= 0.3 is 0 Å². The van der Waals surface area contributed by atoms with Gasteiger partial charge in [0.05, 0.1) is 28.9 Å². The Morgan fingerprint density at radius 3 is 2.44 bits per heavy atom. The van der Waals surface area contributed by atoms with Crippen LogP contribution < -0.4 is 5.32 Å². The Morgan fingerprint density at radius 1 is 1.15 bits per heavy atom. The average molecular weight is 457 g/mol. The number of amides is 1. The van der Waals surface area contributed by atoms with E-state index in [1.807, 2.05) is 54.2 Å². The van der Waals surface area contributed by atoms with Crippen LogP contribution in [0.1, 0.15) is 72.5 Å². The Bertz CT molecular complexity index is 1160. The molecule has 1 unspecified atom stereocenters. The lowest BCUT2D eigenvalue weighted by Gasteiger charge is -2.38. The minimum atomic E-state index is -0.262. The lowest BCUT2D eigenvalue weighted by atomic mass is 9.94. The quantitative estimate of drug-likeness (QED) is 0.622. The fourth-order valence-corrected chi connectivity index (χ4v) is 4.63. The van der Waals surface area contributed by atoms with Gasteiger partial charge in [0.1, 0.15) is 5.69 Å². The zero-order valence-corrected chi connectivity index (χ0v) is 20.3. The summed E-state index contributed by atoms with van der Waals surface area (Å²) >= 11 is 0. The summed E-state index contributed by atoms with van der Waals surface area (Å²) in [6.07, 6.45) is 5.42. The van der Waals surface area contributed by atoms with Crippen LogP contribution in [0.2, 0.25) is 0 Å². The maximum absolute atomic E-state index is 13.1. The largest absolute Gasteiger partial charge is 0.348 e. The number of carbonyl (C=O) groups is 1. The van der Waals surface area contributed by atoms with Gasteiger partial charge in [-0.3, -0.25) is 19.4 Å². The Hall–Kier alpha value is -3.50. The van der Waals surface area contributed by atoms with Crippen LogP contribution in [0.4, 0.5) is 0 Å². The molecule has 2 aromatic heterocycles. The Balaban J connectivity index is 1.47. The normalized spacial score (nSPS) is 16.1. The van der Waals surface area contributed by atoms with Crippen molar-refractivity contribution >= 4 is 5.91 Å². The standard InChI is InChI=1S/C27H32N6O/c1-19-16-24(33(31-19)27(2,3)4)26(34)30-23-11-14-32(15-12-23)25(22-6-5-13-29-18-22)21-9-7-20(17-28)8-10-21/h5-10,13,16,18,23,25H,11-12,14-15H2,1-4H3,(H,30,34). The van der Waals surface area contributed by atoms with Gasteiger partial charge in [0, 0.05) is 31.5 Å². The van der Waals surface area contributed by atoms with Crippen LogP contribution in [0.3, 0.4) is 0 Å². The van der Waals surface area contributed by atoms with Gasteiger partial charge in [-0.1, -0.05) is 18.2 Å². The minimum absolute atomic E-state index is 0.0584. The topological polar surface area (TPSA) is 86.8 Å². The molecular formula is C27H32N6O. The number of pyridine rings is 1. The summed E-state index contributed by atoms with van der Waals surface area (Å²) in [5.74, 6) is -0.0649. The van der Waals surface area contributed by atoms with E-state index in [2.05, 4.69) is 53.2 Å². The highest BCUT2D eigenvalue weighted by Gasteiger charge is 2.30. The zero-order chi connectivity index (χ0) is 24.3. The SMILES string of the molecule is Cc1cc(C(=O)NC2CCN(C(c3ccc(C#N)cc3)c3cccnc3)CC2)n(C(C)(C)C)n1. The number of piperidine rings is 1. The number of nitrogens with one attached hydrogen (secondary N) is 1. The number of nitrogens with zero attached hydrogens (tertiary/aromatic N) is 5. The predicted molar refractivity (Wildman–Crippen MR) is 131 cm³/mol. The van der Waals surface area contributed by atoms with Crippen molar-refractivity contribution in [2.75, 3.05) is 13.1 Å². The number of rotatable bonds is 5. The van der Waals surface area contributed by atoms with Gasteiger partial charge < -0.3 is 5.32 Å². The molecule has 0 saturated carbocycles. The molecule has 4 rings (SSSR count). The summed E-state index contributed by atoms with van der Waals surface area (Å²) in [5, 5.41) is 16.9. The van der Waals surface area contributed by atoms with E-state index in [1.54, 1.807) is 6.20 Å². The van der Waals surface area contributed by atoms with Crippen LogP contribution in [0, 0.1) is 18.3 Å². The van der Waals surface area contributed by atoms with Crippen molar-refractivity contribution in [2.45, 2.75) is 58.2 Å². The molecule has 1 saturated heterocycles. The van der Waals surface area contributed by atoms with Crippen molar-refractivity contribution in [1.29, 1.82) is 5.26 Å². The first-order valence-electron chi connectivity index (χ1n) is 11.8. The lowest BCUT2D eigenvalue weighted by Crippen LogP contribution is -2.46. The van der Waals surface area contributed by atoms with Gasteiger partial charge in [-0.25, -0.2) is 0 Å². The predicted octanol–water partition coefficient (Wildman–Crippen LogP) is 4.20. The van der Waals surface area contributed by atoms with Crippen LogP contribution in [-0.4, -0.2) is 44.7 Å². The van der Waals surface area contributed by atoms with Crippen LogP contribution >= 0.6 is 0 Å². The van der Waals surface area contributed by atoms with E-state index in [9.17, 15) is 4.79 Å². The third-order valence-electron chi connectivity index (χ3n) is 6.29. The maximum Gasteiger partial charge on any atom is 0.269 e. The first kappa shape index (κ1) is 23.7. The van der Waals surface area contributed by atoms with Crippen molar-refractivity contribution in [3.8, 4) is 6.07 Å². The zero-order valence-electron chi connectivity index (χ0n) is 20.3. The third-order valence-corrected chi connectivity index (χ3v) is 6.29. The van der Waals surface area contributed by atoms with Gasteiger partial charge in [0.25, 0.3) is 5.91 Å². The van der Waals surface area contributed by atoms with Gasteiger partial charge in [0.2, 0.25) is 0 Å². The number of likely N-dealkylation sites (tertiary alicyclic amines) is 1. The summed E-state index contributed by atoms with van der Waals surface area (Å²) < 4.78 is 1.82. The van der Waals surface area contributed by atoms with Crippen LogP contribution in [0.5, 0.6) is 0 Å². The van der Waals surface area contributed by atoms with E-state index in [4.69, 9.17) is 5.26 Å². The molecule has 7 nitrogen and oxygen atoms in total. The molecule has 1 N–H and O–H groups in total. The van der Waals surface area contributed by atoms with Gasteiger partial charge in [-0.15, -0.1) is 0 Å². The Morgan fingerprint density at radius 2 is 1.85 bits per heavy atom. The van der Waals surface area contributed by atoms with Crippen molar-refractivity contribution in [1.82, 2.24) is 25.0 Å². The second-order valence-corrected chi connectivity index (χ2v) is 9.96. The second-order valence-electron chi connectivity index (χ2n) is 9.96. The van der Waals surface area contributed by atoms with Crippen LogP contribution in [0.15, 0.2) is 54.9 Å². The molecular weight excluding hydrogens is 424 g/mol. The summed E-state index contributed by atoms with van der Waals surface area (Å²) in [6.45, 7) is 9.77. The number of aryl methyl sites for hydroxylation is 1. The molecule has 0 radical (unpaired) electrons. The molecule has 1 atom stereocenters. The van der Waals surface area contributed by atoms with E-state index < -0.39 is 0 Å². The fraction of sp³-hybridized carbons (Fsp3) is 0.407. The van der Waals surface area contributed by atoms with E-state index in [1.165, 1.54) is 0 Å². The van der Waals surface area contributed by atoms with E-state index >= 15 is 0 Å². The number of aromatic nitrogens is 3. The number of nitriles is 1. The summed E-state index contributed by atoms with van der Waals surface area (Å²) in [6, 6.07) is 16.1. The van der Waals surface area contributed by atoms with Crippen LogP contribution in [0.25, 0.3) is 0 Å². The van der Waals surface area contributed by atoms with E-state index in [0.717, 1.165) is 42.8 Å². The maximum atomic E-state index is 13.1. The highest BCUT2D eigenvalue weighted by molar-refractivity contribution is 5.93. The number of carbonyl (C=O) groups excluding carboxylic acids is 1. The molecule has 34 heavy (non-hydrogen) atoms. The van der Waals surface area contributed by atoms with E-state index in [-0.39, 0.29) is 23.5 Å². The van der Waals surface area contributed by atoms with Gasteiger partial charge in [0.15, 0.2) is 0 Å². The molecule has 1 amide bonds. The van der Waals surface area contributed by atoms with Crippen molar-refractivity contribution in [3.63, 3.8) is 0 Å². The summed E-state index contributed by atoms with van der Waals surface area (Å²) in [4.78, 5) is 19.9. The first-order chi connectivity index (χ1) is 16.3. The molecule has 3 aromatic rings. The molecule has 1 aromatic carbocycles. The molecule has 1 aliphatic heterocycles. The average Bonchev–Trinajstić information content (AvgIpc) is 3.24. The first-order valence-corrected chi connectivity index (χ1v) is 11.8. The number of benzene rings is 1. The Kier molecular flexibility index (Phi) is 6.80. The second kappa shape index (κ2) is 9.78. The third kappa shape index (κ3) is 5.18. The summed E-state index contributed by atoms with van der Waals surface area (Å²) in [7, 11) is 0. The minimum Gasteiger partial charge on any atom is -0.348 e. The highest BCUT2D eigenvalue weighted by Crippen LogP contribution is 2.31. The summed E-state index contributed by atoms with van der Waals surface area (Å²) in [5.41, 5.74) is 4.11. The molecule has 176 valence electrons. The molecule has 3 heterocycles. The highest BCUT2D eigenvalue weighted by atomic mass is 16.2. The number of hydrogen-bond donors (Lipinski definition) is 1. The fourth-order valence-electron chi connectivity index (χ4n) is 4.63. The number of hydrogen-bond acceptors (Lipinski definition) is 5. The van der Waals surface area contributed by atoms with Crippen molar-refractivity contribution in [3.05, 3.63) is 82.9 Å². The van der Waals surface area contributed by atoms with Crippen molar-refractivity contribution < 1.29 is 4.79 Å². The molecule has 0 spiro atoms. The monoisotopic (exact) mass is 456 g/mol. The molecule has 0 bridgehead atoms. The van der Waals surface area contributed by atoms with E-state index in [0.29, 0.717) is 11.3 Å². The van der Waals surface area contributed by atoms with Crippen molar-refractivity contribution in [2.24, 2.45) is 0 Å². The van der Waals surface area contributed by atoms with Gasteiger partial charge in [-0.05, 0) is 75.9 Å². The Labute approximate surface area is 201 Å². The molecule has 1 fully saturated rings. The van der Waals surface area contributed by atoms with Crippen LogP contribution in [-0.2, 0) is 5.54 Å². The lowest BCUT2D eigenvalue weighted by molar-refractivity contribution is 0.0882. The molecule has 0 aliphatic carbocycles. The molecule has 7 heteroatoms.